The Hall–Kier alpha value is -2.81. The Morgan fingerprint density at radius 3 is 1.15 bits per heavy atom. The molecule has 0 bridgehead atoms. The third-order valence-electron chi connectivity index (χ3n) is 13.1. The van der Waals surface area contributed by atoms with Crippen LogP contribution in [-0.2, 0) is 32.7 Å². The van der Waals surface area contributed by atoms with Gasteiger partial charge < -0.3 is 18.9 Å². The van der Waals surface area contributed by atoms with E-state index >= 15 is 0 Å². The fourth-order valence-corrected chi connectivity index (χ4v) is 9.18. The van der Waals surface area contributed by atoms with Crippen LogP contribution in [0.4, 0.5) is 0 Å². The van der Waals surface area contributed by atoms with Gasteiger partial charge in [-0.3, -0.25) is 18.6 Å². The predicted octanol–water partition coefficient (Wildman–Crippen LogP) is 19.4. The number of phosphoric ester groups is 1. The first kappa shape index (κ1) is 72.2. The summed E-state index contributed by atoms with van der Waals surface area (Å²) in [5.41, 5.74) is 0. The molecule has 0 aliphatic heterocycles. The third kappa shape index (κ3) is 60.3. The first-order chi connectivity index (χ1) is 36.5. The summed E-state index contributed by atoms with van der Waals surface area (Å²) in [5.74, 6) is -0.804. The molecule has 0 saturated carbocycles. The van der Waals surface area contributed by atoms with E-state index in [2.05, 4.69) is 98.9 Å². The van der Waals surface area contributed by atoms with E-state index in [4.69, 9.17) is 18.5 Å². The van der Waals surface area contributed by atoms with Crippen LogP contribution in [0.15, 0.2) is 85.1 Å². The molecule has 10 heteroatoms. The summed E-state index contributed by atoms with van der Waals surface area (Å²) in [4.78, 5) is 35.5. The Morgan fingerprint density at radius 1 is 0.427 bits per heavy atom. The molecular formula is C65H117NO8P+. The van der Waals surface area contributed by atoms with Crippen molar-refractivity contribution >= 4 is 19.8 Å². The largest absolute Gasteiger partial charge is 0.472 e. The molecule has 1 N–H and O–H groups in total. The number of quaternary nitrogens is 1. The number of carbonyl (C=O) groups excluding carboxylic acids is 2. The molecule has 0 saturated heterocycles. The lowest BCUT2D eigenvalue weighted by molar-refractivity contribution is -0.870. The monoisotopic (exact) mass is 1070 g/mol. The summed E-state index contributed by atoms with van der Waals surface area (Å²) in [5, 5.41) is 0. The topological polar surface area (TPSA) is 108 Å². The van der Waals surface area contributed by atoms with Gasteiger partial charge in [-0.15, -0.1) is 0 Å². The molecule has 0 fully saturated rings. The number of ether oxygens (including phenoxy) is 2. The van der Waals surface area contributed by atoms with E-state index in [0.29, 0.717) is 17.4 Å². The third-order valence-corrected chi connectivity index (χ3v) is 14.1. The summed E-state index contributed by atoms with van der Waals surface area (Å²) in [7, 11) is 1.48. The van der Waals surface area contributed by atoms with Gasteiger partial charge in [-0.05, 0) is 83.5 Å². The van der Waals surface area contributed by atoms with Crippen LogP contribution in [0.3, 0.4) is 0 Å². The number of esters is 2. The average Bonchev–Trinajstić information content (AvgIpc) is 3.37. The molecule has 0 spiro atoms. The van der Waals surface area contributed by atoms with E-state index in [-0.39, 0.29) is 32.0 Å². The zero-order valence-electron chi connectivity index (χ0n) is 49.3. The second-order valence-corrected chi connectivity index (χ2v) is 23.2. The van der Waals surface area contributed by atoms with Crippen LogP contribution >= 0.6 is 7.82 Å². The second-order valence-electron chi connectivity index (χ2n) is 21.7. The van der Waals surface area contributed by atoms with Crippen LogP contribution in [0.25, 0.3) is 0 Å². The minimum absolute atomic E-state index is 0.0301. The van der Waals surface area contributed by atoms with Crippen molar-refractivity contribution in [2.45, 2.75) is 270 Å². The predicted molar refractivity (Wildman–Crippen MR) is 321 cm³/mol. The van der Waals surface area contributed by atoms with Gasteiger partial charge in [-0.2, -0.15) is 0 Å². The molecule has 0 amide bonds. The van der Waals surface area contributed by atoms with E-state index in [1.165, 1.54) is 135 Å². The van der Waals surface area contributed by atoms with E-state index in [1.807, 2.05) is 21.1 Å². The average molecular weight is 1070 g/mol. The number of nitrogens with zero attached hydrogens (tertiary/aromatic N) is 1. The number of phosphoric acid groups is 1. The number of hydrogen-bond acceptors (Lipinski definition) is 7. The first-order valence-corrected chi connectivity index (χ1v) is 32.3. The minimum Gasteiger partial charge on any atom is -0.462 e. The molecular weight excluding hydrogens is 954 g/mol. The van der Waals surface area contributed by atoms with Gasteiger partial charge in [0.15, 0.2) is 6.10 Å². The lowest BCUT2D eigenvalue weighted by Gasteiger charge is -2.24. The number of allylic oxidation sites excluding steroid dienone is 14. The van der Waals surface area contributed by atoms with Gasteiger partial charge in [0, 0.05) is 12.8 Å². The molecule has 2 atom stereocenters. The van der Waals surface area contributed by atoms with Crippen molar-refractivity contribution in [3.05, 3.63) is 85.1 Å². The van der Waals surface area contributed by atoms with E-state index in [1.54, 1.807) is 0 Å². The normalized spacial score (nSPS) is 13.8. The Kier molecular flexibility index (Phi) is 53.8. The number of likely N-dealkylation sites (N-methyl/N-ethyl adjacent to an activating group) is 1. The Labute approximate surface area is 462 Å². The molecule has 0 aromatic heterocycles. The van der Waals surface area contributed by atoms with Gasteiger partial charge in [0.25, 0.3) is 0 Å². The quantitative estimate of drug-likeness (QED) is 0.0211. The lowest BCUT2D eigenvalue weighted by atomic mass is 10.0. The van der Waals surface area contributed by atoms with Crippen LogP contribution in [0.2, 0.25) is 0 Å². The highest BCUT2D eigenvalue weighted by atomic mass is 31.2. The zero-order valence-corrected chi connectivity index (χ0v) is 50.2. The highest BCUT2D eigenvalue weighted by Gasteiger charge is 2.27. The first-order valence-electron chi connectivity index (χ1n) is 30.8. The summed E-state index contributed by atoms with van der Waals surface area (Å²) in [6.45, 7) is 4.25. The van der Waals surface area contributed by atoms with Crippen molar-refractivity contribution < 1.29 is 42.1 Å². The SMILES string of the molecule is CC/C=C\C/C=C\C/C=C\C/C=C\C/C=C\C/C=C\CCCCCCCCCCCCCCCCCCCCCCCCC(=O)OC(COC(=O)CCCCCCC/C=C\CCC)COP(=O)(O)OCC[N+](C)(C)C. The minimum atomic E-state index is -4.38. The molecule has 9 nitrogen and oxygen atoms in total. The van der Waals surface area contributed by atoms with Crippen molar-refractivity contribution in [1.82, 2.24) is 0 Å². The number of carbonyl (C=O) groups is 2. The number of hydrogen-bond donors (Lipinski definition) is 1. The van der Waals surface area contributed by atoms with E-state index in [0.717, 1.165) is 96.3 Å². The standard InChI is InChI=1S/C65H116NO8P/c1-6-8-10-12-14-16-18-19-20-21-22-23-24-25-26-27-28-29-30-31-32-33-34-35-36-37-38-39-40-41-42-43-44-45-46-47-48-50-52-54-56-58-65(68)74-63(62-73-75(69,70)72-60-59-66(3,4)5)61-71-64(67)57-55-53-51-49-17-15-13-11-9-7-2/h8,10-11,13-14,16,19-20,22-23,25-26,28-29,63H,6-7,9,12,15,17-18,21,24,27,30-62H2,1-5H3/p+1/b10-8-,13-11-,16-14-,20-19-,23-22-,26-25-,29-28-. The van der Waals surface area contributed by atoms with Crippen LogP contribution < -0.4 is 0 Å². The molecule has 0 aromatic carbocycles. The van der Waals surface area contributed by atoms with Gasteiger partial charge in [-0.25, -0.2) is 4.57 Å². The molecule has 0 radical (unpaired) electrons. The molecule has 0 aliphatic rings. The van der Waals surface area contributed by atoms with Gasteiger partial charge in [0.05, 0.1) is 27.7 Å². The maximum absolute atomic E-state index is 12.8. The smallest absolute Gasteiger partial charge is 0.462 e. The fraction of sp³-hybridized carbons (Fsp3) is 0.754. The second kappa shape index (κ2) is 55.9. The van der Waals surface area contributed by atoms with Crippen LogP contribution in [0, 0.1) is 0 Å². The fourth-order valence-electron chi connectivity index (χ4n) is 8.43. The van der Waals surface area contributed by atoms with Crippen molar-refractivity contribution in [3.8, 4) is 0 Å². The highest BCUT2D eigenvalue weighted by molar-refractivity contribution is 7.47. The molecule has 75 heavy (non-hydrogen) atoms. The van der Waals surface area contributed by atoms with Crippen LogP contribution in [-0.4, -0.2) is 74.9 Å². The molecule has 0 rings (SSSR count). The summed E-state index contributed by atoms with van der Waals surface area (Å²) < 4.78 is 34.4. The maximum atomic E-state index is 12.8. The van der Waals surface area contributed by atoms with Gasteiger partial charge in [-0.1, -0.05) is 253 Å². The van der Waals surface area contributed by atoms with Crippen LogP contribution in [0.5, 0.6) is 0 Å². The zero-order chi connectivity index (χ0) is 54.9. The Balaban J connectivity index is 3.85. The lowest BCUT2D eigenvalue weighted by Crippen LogP contribution is -2.37. The van der Waals surface area contributed by atoms with Crippen molar-refractivity contribution in [1.29, 1.82) is 0 Å². The van der Waals surface area contributed by atoms with Crippen molar-refractivity contribution in [2.75, 3.05) is 47.5 Å². The molecule has 434 valence electrons. The number of rotatable bonds is 56. The van der Waals surface area contributed by atoms with Gasteiger partial charge in [0.1, 0.15) is 19.8 Å². The molecule has 0 aromatic rings. The number of unbranched alkanes of at least 4 members (excludes halogenated alkanes) is 28. The van der Waals surface area contributed by atoms with Gasteiger partial charge >= 0.3 is 19.8 Å². The maximum Gasteiger partial charge on any atom is 0.472 e. The summed E-state index contributed by atoms with van der Waals surface area (Å²) >= 11 is 0. The van der Waals surface area contributed by atoms with Crippen LogP contribution in [0.1, 0.15) is 264 Å². The highest BCUT2D eigenvalue weighted by Crippen LogP contribution is 2.43. The van der Waals surface area contributed by atoms with Crippen molar-refractivity contribution in [2.24, 2.45) is 0 Å². The Morgan fingerprint density at radius 2 is 0.760 bits per heavy atom. The van der Waals surface area contributed by atoms with E-state index in [9.17, 15) is 19.0 Å². The summed E-state index contributed by atoms with van der Waals surface area (Å²) in [6, 6.07) is 0. The Bertz CT molecular complexity index is 1540. The summed E-state index contributed by atoms with van der Waals surface area (Å²) in [6.07, 6.45) is 75.6. The molecule has 0 aliphatic carbocycles. The van der Waals surface area contributed by atoms with Gasteiger partial charge in [0.2, 0.25) is 0 Å². The van der Waals surface area contributed by atoms with Crippen molar-refractivity contribution in [3.63, 3.8) is 0 Å². The molecule has 2 unspecified atom stereocenters. The molecule has 0 heterocycles. The van der Waals surface area contributed by atoms with E-state index < -0.39 is 26.5 Å².